The lowest BCUT2D eigenvalue weighted by Crippen LogP contribution is -2.64. The second kappa shape index (κ2) is 17.5. The van der Waals surface area contributed by atoms with Crippen molar-refractivity contribution in [3.8, 4) is 22.3 Å². The van der Waals surface area contributed by atoms with Crippen LogP contribution in [0.5, 0.6) is 0 Å². The van der Waals surface area contributed by atoms with Crippen LogP contribution in [0.1, 0.15) is 17.5 Å². The van der Waals surface area contributed by atoms with E-state index in [0.29, 0.717) is 32.3 Å². The second-order valence-electron chi connectivity index (χ2n) is 12.0. The first-order valence-corrected chi connectivity index (χ1v) is 16.8. The van der Waals surface area contributed by atoms with Gasteiger partial charge in [0, 0.05) is 16.5 Å². The molecule has 57 heavy (non-hydrogen) atoms. The van der Waals surface area contributed by atoms with Crippen molar-refractivity contribution >= 4 is 35.1 Å². The fourth-order valence-electron chi connectivity index (χ4n) is 5.08. The molecule has 0 saturated carbocycles. The van der Waals surface area contributed by atoms with E-state index in [4.69, 9.17) is 23.2 Å². The number of carbonyl (C=O) groups excluding carboxylic acids is 2. The Bertz CT molecular complexity index is 1790. The van der Waals surface area contributed by atoms with Gasteiger partial charge in [-0.2, -0.15) is 52.7 Å². The molecule has 0 N–H and O–H groups in total. The van der Waals surface area contributed by atoms with Crippen LogP contribution in [0.15, 0.2) is 97.1 Å². The zero-order valence-electron chi connectivity index (χ0n) is 28.5. The second-order valence-corrected chi connectivity index (χ2v) is 12.8. The molecule has 0 amide bonds. The summed E-state index contributed by atoms with van der Waals surface area (Å²) in [5.74, 6) is -6.12. The third-order valence-electron chi connectivity index (χ3n) is 8.10. The Kier molecular flexibility index (Phi) is 13.9. The number of rotatable bonds is 14. The van der Waals surface area contributed by atoms with Crippen molar-refractivity contribution in [2.45, 2.75) is 55.5 Å². The van der Waals surface area contributed by atoms with Crippen molar-refractivity contribution in [2.24, 2.45) is 0 Å². The monoisotopic (exact) mass is 864 g/mol. The highest BCUT2D eigenvalue weighted by Crippen LogP contribution is 2.49. The molecule has 0 aliphatic heterocycles. The lowest BCUT2D eigenvalue weighted by molar-refractivity contribution is -0.372. The Morgan fingerprint density at radius 3 is 0.912 bits per heavy atom. The van der Waals surface area contributed by atoms with Crippen molar-refractivity contribution in [1.29, 1.82) is 0 Å². The van der Waals surface area contributed by atoms with Crippen LogP contribution >= 0.6 is 23.2 Å². The number of alkyl halides is 12. The fraction of sp³-hybridized carbons (Fsp3) is 0.297. The number of ether oxygens (including phenoxy) is 4. The zero-order valence-corrected chi connectivity index (χ0v) is 30.0. The average molecular weight is 865 g/mol. The third kappa shape index (κ3) is 10.1. The summed E-state index contributed by atoms with van der Waals surface area (Å²) in [6.07, 6.45) is -27.1. The van der Waals surface area contributed by atoms with Gasteiger partial charge in [0.15, 0.2) is 0 Å². The lowest BCUT2D eigenvalue weighted by Gasteiger charge is -2.35. The normalized spacial score (nSPS) is 13.0. The topological polar surface area (TPSA) is 71.1 Å². The molecule has 20 heteroatoms. The molecule has 4 aromatic carbocycles. The summed E-state index contributed by atoms with van der Waals surface area (Å²) >= 11 is 11.6. The summed E-state index contributed by atoms with van der Waals surface area (Å²) in [4.78, 5) is 24.9. The van der Waals surface area contributed by atoms with Crippen LogP contribution < -0.4 is 0 Å². The molecule has 0 heterocycles. The Morgan fingerprint density at radius 1 is 0.421 bits per heavy atom. The molecule has 0 aliphatic rings. The highest BCUT2D eigenvalue weighted by atomic mass is 35.5. The molecule has 0 unspecified atom stereocenters. The van der Waals surface area contributed by atoms with Crippen molar-refractivity contribution in [3.63, 3.8) is 0 Å². The minimum Gasteiger partial charge on any atom is -0.463 e. The van der Waals surface area contributed by atoms with Gasteiger partial charge in [0.2, 0.25) is 0 Å². The molecule has 0 radical (unpaired) electrons. The predicted octanol–water partition coefficient (Wildman–Crippen LogP) is 11.3. The maximum atomic E-state index is 14.0. The lowest BCUT2D eigenvalue weighted by atomic mass is 10.0. The van der Waals surface area contributed by atoms with Gasteiger partial charge < -0.3 is 18.9 Å². The van der Waals surface area contributed by atoms with Gasteiger partial charge in [-0.25, -0.2) is 9.59 Å². The number of hydrogen-bond donors (Lipinski definition) is 0. The number of carbonyl (C=O) groups is 2. The molecular formula is C37H26Cl2F12O6. The van der Waals surface area contributed by atoms with Crippen molar-refractivity contribution < 1.29 is 81.2 Å². The predicted molar refractivity (Wildman–Crippen MR) is 180 cm³/mol. The van der Waals surface area contributed by atoms with Gasteiger partial charge in [0.25, 0.3) is 0 Å². The summed E-state index contributed by atoms with van der Waals surface area (Å²) in [5.41, 5.74) is -9.52. The first kappa shape index (κ1) is 45.2. The van der Waals surface area contributed by atoms with Gasteiger partial charge >= 0.3 is 47.8 Å². The summed E-state index contributed by atoms with van der Waals surface area (Å²) in [7, 11) is 0. The molecule has 4 rings (SSSR count). The maximum absolute atomic E-state index is 14.0. The van der Waals surface area contributed by atoms with Crippen LogP contribution in [0.4, 0.5) is 52.7 Å². The highest BCUT2D eigenvalue weighted by Gasteiger charge is 2.79. The molecule has 0 spiro atoms. The smallest absolute Gasteiger partial charge is 0.437 e. The minimum absolute atomic E-state index is 0.250. The molecule has 0 bridgehead atoms. The van der Waals surface area contributed by atoms with E-state index in [0.717, 1.165) is 24.3 Å². The van der Waals surface area contributed by atoms with Gasteiger partial charge in [-0.05, 0) is 57.6 Å². The van der Waals surface area contributed by atoms with Gasteiger partial charge in [0.05, 0.1) is 26.4 Å². The summed E-state index contributed by atoms with van der Waals surface area (Å²) < 4.78 is 185. The fourth-order valence-corrected chi connectivity index (χ4v) is 5.33. The van der Waals surface area contributed by atoms with E-state index in [9.17, 15) is 62.3 Å². The van der Waals surface area contributed by atoms with E-state index in [1.54, 1.807) is 24.3 Å². The van der Waals surface area contributed by atoms with E-state index in [1.807, 2.05) is 0 Å². The van der Waals surface area contributed by atoms with Gasteiger partial charge in [-0.1, -0.05) is 96.0 Å². The quantitative estimate of drug-likeness (QED) is 0.0714. The van der Waals surface area contributed by atoms with Gasteiger partial charge in [0.1, 0.15) is 0 Å². The highest BCUT2D eigenvalue weighted by molar-refractivity contribution is 6.30. The first-order chi connectivity index (χ1) is 26.4. The number of esters is 2. The van der Waals surface area contributed by atoms with E-state index in [2.05, 4.69) is 18.9 Å². The van der Waals surface area contributed by atoms with Crippen molar-refractivity contribution in [3.05, 3.63) is 118 Å². The summed E-state index contributed by atoms with van der Waals surface area (Å²) in [6, 6.07) is 22.3. The Hall–Kier alpha value is -4.52. The molecule has 0 saturated heterocycles. The van der Waals surface area contributed by atoms with Gasteiger partial charge in [-0.3, -0.25) is 0 Å². The molecule has 0 aromatic heterocycles. The number of halogens is 14. The standard InChI is InChI=1S/C37H26Cl2F12O6/c38-28-14-10-26(11-15-28)24-6-2-22(3-7-24)20-56-32(34(40,41)42,35(43,44)45)30(52)54-18-1-19-55-31(53)33(36(46,47)48,37(49,50)51)57-21-23-4-8-25(9-5-23)27-12-16-29(39)17-13-27/h2-17H,1,18-21H2. The van der Waals surface area contributed by atoms with Crippen molar-refractivity contribution in [2.75, 3.05) is 13.2 Å². The average Bonchev–Trinajstić information content (AvgIpc) is 3.11. The number of benzene rings is 4. The third-order valence-corrected chi connectivity index (χ3v) is 8.60. The summed E-state index contributed by atoms with van der Waals surface area (Å²) in [5, 5.41) is 0.791. The van der Waals surface area contributed by atoms with Crippen LogP contribution in [0.3, 0.4) is 0 Å². The SMILES string of the molecule is O=C(OCCCOC(=O)C(OCc1ccc(-c2ccc(Cl)cc2)cc1)(C(F)(F)F)C(F)(F)F)C(OCc1ccc(-c2ccc(Cl)cc2)cc1)(C(F)(F)F)C(F)(F)F. The van der Waals surface area contributed by atoms with Crippen molar-refractivity contribution in [1.82, 2.24) is 0 Å². The Morgan fingerprint density at radius 2 is 0.667 bits per heavy atom. The zero-order chi connectivity index (χ0) is 42.5. The molecule has 0 fully saturated rings. The molecule has 4 aromatic rings. The van der Waals surface area contributed by atoms with Crippen LogP contribution in [-0.4, -0.2) is 61.1 Å². The Labute approximate surface area is 325 Å². The van der Waals surface area contributed by atoms with Crippen LogP contribution in [0.25, 0.3) is 22.3 Å². The van der Waals surface area contributed by atoms with E-state index in [1.165, 1.54) is 48.5 Å². The molecule has 308 valence electrons. The first-order valence-electron chi connectivity index (χ1n) is 16.0. The number of hydrogen-bond acceptors (Lipinski definition) is 6. The van der Waals surface area contributed by atoms with Gasteiger partial charge in [-0.15, -0.1) is 0 Å². The molecule has 6 nitrogen and oxygen atoms in total. The Balaban J connectivity index is 1.42. The molecular weight excluding hydrogens is 839 g/mol. The van der Waals surface area contributed by atoms with E-state index in [-0.39, 0.29) is 11.1 Å². The van der Waals surface area contributed by atoms with Crippen LogP contribution in [0.2, 0.25) is 10.0 Å². The van der Waals surface area contributed by atoms with Crippen LogP contribution in [0, 0.1) is 0 Å². The largest absolute Gasteiger partial charge is 0.463 e. The van der Waals surface area contributed by atoms with Crippen LogP contribution in [-0.2, 0) is 41.8 Å². The molecule has 0 aliphatic carbocycles. The molecule has 0 atom stereocenters. The summed E-state index contributed by atoms with van der Waals surface area (Å²) in [6.45, 7) is -5.89. The van der Waals surface area contributed by atoms with E-state index < -0.39 is 80.7 Å². The minimum atomic E-state index is -6.50. The van der Waals surface area contributed by atoms with E-state index >= 15 is 0 Å². The maximum Gasteiger partial charge on any atom is 0.437 e.